The number of pyridine rings is 1. The normalized spacial score (nSPS) is 23.4. The van der Waals surface area contributed by atoms with Crippen LogP contribution < -0.4 is 0 Å². The van der Waals surface area contributed by atoms with Crippen molar-refractivity contribution in [3.05, 3.63) is 29.0 Å². The van der Waals surface area contributed by atoms with Crippen LogP contribution in [-0.2, 0) is 15.8 Å². The molecule has 0 spiro atoms. The zero-order valence-corrected chi connectivity index (χ0v) is 12.9. The summed E-state index contributed by atoms with van der Waals surface area (Å²) < 4.78 is 25.9. The second-order valence-corrected chi connectivity index (χ2v) is 7.75. The van der Waals surface area contributed by atoms with Crippen molar-refractivity contribution in [2.45, 2.75) is 31.1 Å². The van der Waals surface area contributed by atoms with Crippen molar-refractivity contribution in [1.82, 2.24) is 9.29 Å². The van der Waals surface area contributed by atoms with E-state index in [0.29, 0.717) is 17.3 Å². The topological polar surface area (TPSA) is 70.5 Å². The molecule has 0 radical (unpaired) electrons. The van der Waals surface area contributed by atoms with Crippen molar-refractivity contribution < 1.29 is 13.5 Å². The minimum atomic E-state index is -3.40. The number of rotatable bonds is 5. The number of sulfonamides is 1. The minimum absolute atomic E-state index is 0.0399. The van der Waals surface area contributed by atoms with E-state index in [1.807, 2.05) is 0 Å². The third kappa shape index (κ3) is 3.91. The van der Waals surface area contributed by atoms with Crippen LogP contribution in [0.2, 0.25) is 5.15 Å². The van der Waals surface area contributed by atoms with Gasteiger partial charge in [0.1, 0.15) is 5.15 Å². The monoisotopic (exact) mass is 318 g/mol. The molecule has 1 aliphatic rings. The highest BCUT2D eigenvalue weighted by Crippen LogP contribution is 2.27. The summed E-state index contributed by atoms with van der Waals surface area (Å²) in [5, 5.41) is 10.1. The van der Waals surface area contributed by atoms with Crippen LogP contribution in [0.5, 0.6) is 0 Å². The van der Waals surface area contributed by atoms with Crippen molar-refractivity contribution in [3.63, 3.8) is 0 Å². The molecule has 0 aromatic carbocycles. The number of aromatic nitrogens is 1. The summed E-state index contributed by atoms with van der Waals surface area (Å²) in [5.74, 6) is -0.0608. The van der Waals surface area contributed by atoms with Crippen LogP contribution in [0.25, 0.3) is 0 Å². The largest absolute Gasteiger partial charge is 0.393 e. The lowest BCUT2D eigenvalue weighted by Gasteiger charge is -2.22. The molecular weight excluding hydrogens is 300 g/mol. The first-order valence-corrected chi connectivity index (χ1v) is 8.60. The SMILES string of the molecule is CN(CC1CCCC1O)S(=O)(=O)Cc1ccc(Cl)nc1. The second-order valence-electron chi connectivity index (χ2n) is 5.28. The molecule has 1 fully saturated rings. The highest BCUT2D eigenvalue weighted by Gasteiger charge is 2.29. The zero-order chi connectivity index (χ0) is 14.8. The van der Waals surface area contributed by atoms with E-state index in [2.05, 4.69) is 4.98 Å². The van der Waals surface area contributed by atoms with Gasteiger partial charge >= 0.3 is 0 Å². The van der Waals surface area contributed by atoms with Gasteiger partial charge in [-0.05, 0) is 30.4 Å². The molecule has 1 aromatic heterocycles. The van der Waals surface area contributed by atoms with Gasteiger partial charge in [-0.1, -0.05) is 24.1 Å². The van der Waals surface area contributed by atoms with Gasteiger partial charge in [0, 0.05) is 19.8 Å². The number of nitrogens with zero attached hydrogens (tertiary/aromatic N) is 2. The summed E-state index contributed by atoms with van der Waals surface area (Å²) in [6.45, 7) is 0.366. The highest BCUT2D eigenvalue weighted by molar-refractivity contribution is 7.88. The average Bonchev–Trinajstić information content (AvgIpc) is 2.78. The quantitative estimate of drug-likeness (QED) is 0.838. The van der Waals surface area contributed by atoms with Gasteiger partial charge in [-0.3, -0.25) is 0 Å². The summed E-state index contributed by atoms with van der Waals surface area (Å²) in [4.78, 5) is 3.88. The molecule has 1 N–H and O–H groups in total. The number of hydrogen-bond acceptors (Lipinski definition) is 4. The van der Waals surface area contributed by atoms with Gasteiger partial charge < -0.3 is 5.11 Å². The Hall–Kier alpha value is -0.690. The Balaban J connectivity index is 2.00. The molecule has 1 saturated carbocycles. The Morgan fingerprint density at radius 2 is 2.20 bits per heavy atom. The zero-order valence-electron chi connectivity index (χ0n) is 11.4. The van der Waals surface area contributed by atoms with E-state index in [0.717, 1.165) is 19.3 Å². The number of halogens is 1. The van der Waals surface area contributed by atoms with E-state index in [1.54, 1.807) is 19.2 Å². The summed E-state index contributed by atoms with van der Waals surface area (Å²) >= 11 is 5.68. The van der Waals surface area contributed by atoms with E-state index in [9.17, 15) is 13.5 Å². The molecule has 1 aliphatic carbocycles. The van der Waals surface area contributed by atoms with Crippen molar-refractivity contribution in [1.29, 1.82) is 0 Å². The molecule has 5 nitrogen and oxygen atoms in total. The van der Waals surface area contributed by atoms with Crippen molar-refractivity contribution in [3.8, 4) is 0 Å². The van der Waals surface area contributed by atoms with Crippen molar-refractivity contribution >= 4 is 21.6 Å². The molecule has 7 heteroatoms. The third-order valence-electron chi connectivity index (χ3n) is 3.72. The second kappa shape index (κ2) is 6.39. The van der Waals surface area contributed by atoms with Crippen LogP contribution in [0, 0.1) is 5.92 Å². The average molecular weight is 319 g/mol. The molecule has 2 atom stereocenters. The Morgan fingerprint density at radius 1 is 1.45 bits per heavy atom. The van der Waals surface area contributed by atoms with Crippen LogP contribution in [0.4, 0.5) is 0 Å². The molecule has 0 amide bonds. The smallest absolute Gasteiger partial charge is 0.218 e. The summed E-state index contributed by atoms with van der Waals surface area (Å²) in [5.41, 5.74) is 0.605. The van der Waals surface area contributed by atoms with Crippen molar-refractivity contribution in [2.75, 3.05) is 13.6 Å². The lowest BCUT2D eigenvalue weighted by atomic mass is 10.1. The first kappa shape index (κ1) is 15.7. The standard InChI is InChI=1S/C13H19ClN2O3S/c1-16(8-11-3-2-4-12(11)17)20(18,19)9-10-5-6-13(14)15-7-10/h5-7,11-12,17H,2-4,8-9H2,1H3. The maximum atomic E-state index is 12.3. The molecule has 0 bridgehead atoms. The van der Waals surface area contributed by atoms with Crippen molar-refractivity contribution in [2.24, 2.45) is 5.92 Å². The van der Waals surface area contributed by atoms with Crippen LogP contribution in [-0.4, -0.2) is 42.5 Å². The maximum absolute atomic E-state index is 12.3. The van der Waals surface area contributed by atoms with E-state index < -0.39 is 10.0 Å². The van der Waals surface area contributed by atoms with Gasteiger partial charge in [0.25, 0.3) is 0 Å². The fourth-order valence-corrected chi connectivity index (χ4v) is 3.83. The summed E-state index contributed by atoms with van der Waals surface area (Å²) in [7, 11) is -1.84. The van der Waals surface area contributed by atoms with Gasteiger partial charge in [0.05, 0.1) is 11.9 Å². The van der Waals surface area contributed by atoms with E-state index in [-0.39, 0.29) is 17.8 Å². The molecule has 0 saturated heterocycles. The predicted molar refractivity (Wildman–Crippen MR) is 77.8 cm³/mol. The number of aliphatic hydroxyl groups is 1. The van der Waals surface area contributed by atoms with Crippen LogP contribution in [0.1, 0.15) is 24.8 Å². The first-order chi connectivity index (χ1) is 9.38. The van der Waals surface area contributed by atoms with E-state index >= 15 is 0 Å². The van der Waals surface area contributed by atoms with E-state index in [4.69, 9.17) is 11.6 Å². The number of hydrogen-bond donors (Lipinski definition) is 1. The van der Waals surface area contributed by atoms with E-state index in [1.165, 1.54) is 10.5 Å². The Bertz CT molecular complexity index is 547. The highest BCUT2D eigenvalue weighted by atomic mass is 35.5. The maximum Gasteiger partial charge on any atom is 0.218 e. The van der Waals surface area contributed by atoms with Gasteiger partial charge in [0.2, 0.25) is 10.0 Å². The van der Waals surface area contributed by atoms with Gasteiger partial charge in [0.15, 0.2) is 0 Å². The molecule has 1 heterocycles. The fourth-order valence-electron chi connectivity index (χ4n) is 2.49. The first-order valence-electron chi connectivity index (χ1n) is 6.61. The molecule has 112 valence electrons. The lowest BCUT2D eigenvalue weighted by Crippen LogP contribution is -2.35. The Kier molecular flexibility index (Phi) is 5.01. The molecular formula is C13H19ClN2O3S. The molecule has 2 rings (SSSR count). The Morgan fingerprint density at radius 3 is 2.75 bits per heavy atom. The van der Waals surface area contributed by atoms with Gasteiger partial charge in [-0.15, -0.1) is 0 Å². The van der Waals surface area contributed by atoms with Crippen LogP contribution >= 0.6 is 11.6 Å². The molecule has 20 heavy (non-hydrogen) atoms. The lowest BCUT2D eigenvalue weighted by molar-refractivity contribution is 0.123. The minimum Gasteiger partial charge on any atom is -0.393 e. The Labute approximate surface area is 124 Å². The third-order valence-corrected chi connectivity index (χ3v) is 5.74. The predicted octanol–water partition coefficient (Wildman–Crippen LogP) is 1.66. The molecule has 1 aromatic rings. The molecule has 0 aliphatic heterocycles. The van der Waals surface area contributed by atoms with Crippen LogP contribution in [0.3, 0.4) is 0 Å². The summed E-state index contributed by atoms with van der Waals surface area (Å²) in [6, 6.07) is 3.23. The number of aliphatic hydroxyl groups excluding tert-OH is 1. The molecule has 2 unspecified atom stereocenters. The van der Waals surface area contributed by atoms with Crippen LogP contribution in [0.15, 0.2) is 18.3 Å². The van der Waals surface area contributed by atoms with Gasteiger partial charge in [-0.25, -0.2) is 17.7 Å². The summed E-state index contributed by atoms with van der Waals surface area (Å²) in [6.07, 6.45) is 3.69. The van der Waals surface area contributed by atoms with Gasteiger partial charge in [-0.2, -0.15) is 0 Å². The fraction of sp³-hybridized carbons (Fsp3) is 0.615.